The summed E-state index contributed by atoms with van der Waals surface area (Å²) >= 11 is 6.64. The van der Waals surface area contributed by atoms with Gasteiger partial charge in [0.2, 0.25) is 5.91 Å². The summed E-state index contributed by atoms with van der Waals surface area (Å²) in [6.07, 6.45) is 3.72. The molecule has 3 atom stereocenters. The Morgan fingerprint density at radius 1 is 0.939 bits per heavy atom. The van der Waals surface area contributed by atoms with Crippen molar-refractivity contribution in [3.63, 3.8) is 0 Å². The minimum Gasteiger partial charge on any atom is -0.348 e. The second-order valence-corrected chi connectivity index (χ2v) is 8.58. The van der Waals surface area contributed by atoms with E-state index in [-0.39, 0.29) is 5.91 Å². The Labute approximate surface area is 197 Å². The van der Waals surface area contributed by atoms with Crippen molar-refractivity contribution < 1.29 is 4.79 Å². The summed E-state index contributed by atoms with van der Waals surface area (Å²) in [5.41, 5.74) is 1.41. The van der Waals surface area contributed by atoms with Crippen molar-refractivity contribution in [2.45, 2.75) is 18.0 Å². The van der Waals surface area contributed by atoms with E-state index in [0.29, 0.717) is 16.4 Å². The maximum absolute atomic E-state index is 13.9. The van der Waals surface area contributed by atoms with Crippen LogP contribution in [-0.2, 0) is 4.79 Å². The predicted octanol–water partition coefficient (Wildman–Crippen LogP) is 5.38. The van der Waals surface area contributed by atoms with Gasteiger partial charge in [-0.2, -0.15) is 10.5 Å². The van der Waals surface area contributed by atoms with E-state index in [4.69, 9.17) is 11.6 Å². The molecule has 6 heteroatoms. The third-order valence-corrected chi connectivity index (χ3v) is 6.75. The fourth-order valence-electron chi connectivity index (χ4n) is 5.06. The van der Waals surface area contributed by atoms with Gasteiger partial charge in [-0.3, -0.25) is 4.79 Å². The van der Waals surface area contributed by atoms with Crippen LogP contribution in [0.15, 0.2) is 84.9 Å². The van der Waals surface area contributed by atoms with Gasteiger partial charge in [-0.05, 0) is 29.3 Å². The Hall–Kier alpha value is -4.06. The van der Waals surface area contributed by atoms with Crippen LogP contribution in [-0.4, -0.2) is 18.0 Å². The minimum atomic E-state index is -1.49. The van der Waals surface area contributed by atoms with Crippen LogP contribution in [0.25, 0.3) is 6.08 Å². The third kappa shape index (κ3) is 3.18. The van der Waals surface area contributed by atoms with Crippen molar-refractivity contribution in [3.05, 3.63) is 101 Å². The predicted molar refractivity (Wildman–Crippen MR) is 128 cm³/mol. The van der Waals surface area contributed by atoms with Crippen molar-refractivity contribution in [1.29, 1.82) is 10.5 Å². The van der Waals surface area contributed by atoms with Crippen LogP contribution in [0, 0.1) is 28.1 Å². The van der Waals surface area contributed by atoms with E-state index < -0.39 is 23.4 Å². The number of anilines is 2. The fourth-order valence-corrected chi connectivity index (χ4v) is 5.34. The van der Waals surface area contributed by atoms with E-state index in [1.54, 1.807) is 18.2 Å². The monoisotopic (exact) mass is 450 g/mol. The first-order chi connectivity index (χ1) is 16.1. The highest BCUT2D eigenvalue weighted by Gasteiger charge is 2.63. The topological polar surface area (TPSA) is 79.9 Å². The molecule has 0 aliphatic carbocycles. The number of carbonyl (C=O) groups excluding carboxylic acids is 1. The lowest BCUT2D eigenvalue weighted by Crippen LogP contribution is -2.46. The van der Waals surface area contributed by atoms with Gasteiger partial charge in [-0.15, -0.1) is 0 Å². The molecule has 3 aromatic carbocycles. The van der Waals surface area contributed by atoms with Crippen molar-refractivity contribution >= 4 is 35.0 Å². The summed E-state index contributed by atoms with van der Waals surface area (Å²) in [7, 11) is 0. The number of carbonyl (C=O) groups is 1. The molecule has 5 rings (SSSR count). The minimum absolute atomic E-state index is 0.298. The number of fused-ring (bicyclic) bond motifs is 3. The van der Waals surface area contributed by atoms with E-state index in [9.17, 15) is 15.3 Å². The van der Waals surface area contributed by atoms with E-state index in [1.165, 1.54) is 0 Å². The molecule has 3 aromatic rings. The van der Waals surface area contributed by atoms with Crippen LogP contribution in [0.2, 0.25) is 5.02 Å². The first-order valence-electron chi connectivity index (χ1n) is 10.6. The summed E-state index contributed by atoms with van der Waals surface area (Å²) in [5, 5.41) is 24.2. The quantitative estimate of drug-likeness (QED) is 0.581. The molecule has 0 spiro atoms. The van der Waals surface area contributed by atoms with Gasteiger partial charge in [0, 0.05) is 11.6 Å². The van der Waals surface area contributed by atoms with Gasteiger partial charge in [-0.1, -0.05) is 84.4 Å². The lowest BCUT2D eigenvalue weighted by Gasteiger charge is -2.36. The van der Waals surface area contributed by atoms with Gasteiger partial charge in [-0.25, -0.2) is 0 Å². The molecule has 160 valence electrons. The highest BCUT2D eigenvalue weighted by molar-refractivity contribution is 6.34. The highest BCUT2D eigenvalue weighted by Crippen LogP contribution is 2.56. The van der Waals surface area contributed by atoms with E-state index in [0.717, 1.165) is 11.1 Å². The average molecular weight is 451 g/mol. The molecule has 0 aromatic heterocycles. The van der Waals surface area contributed by atoms with Gasteiger partial charge in [0.05, 0.1) is 28.9 Å². The fraction of sp³-hybridized carbons (Fsp3) is 0.148. The Balaban J connectivity index is 1.74. The van der Waals surface area contributed by atoms with Gasteiger partial charge in [0.1, 0.15) is 6.04 Å². The second kappa shape index (κ2) is 8.13. The lowest BCUT2D eigenvalue weighted by molar-refractivity contribution is -0.117. The number of hydrogen-bond donors (Lipinski definition) is 1. The molecule has 1 amide bonds. The van der Waals surface area contributed by atoms with Crippen molar-refractivity contribution in [3.8, 4) is 12.1 Å². The van der Waals surface area contributed by atoms with Crippen LogP contribution in [0.4, 0.5) is 11.4 Å². The number of benzene rings is 3. The highest BCUT2D eigenvalue weighted by atomic mass is 35.5. The number of nitrogens with zero attached hydrogens (tertiary/aromatic N) is 3. The molecular formula is C27H19ClN4O. The summed E-state index contributed by atoms with van der Waals surface area (Å²) < 4.78 is 0. The summed E-state index contributed by atoms with van der Waals surface area (Å²) in [6.45, 7) is 0. The van der Waals surface area contributed by atoms with Crippen LogP contribution < -0.4 is 10.2 Å². The molecule has 0 saturated carbocycles. The molecule has 2 aliphatic heterocycles. The smallest absolute Gasteiger partial charge is 0.247 e. The molecule has 5 nitrogen and oxygen atoms in total. The van der Waals surface area contributed by atoms with Crippen molar-refractivity contribution in [1.82, 2.24) is 0 Å². The largest absolute Gasteiger partial charge is 0.348 e. The van der Waals surface area contributed by atoms with Gasteiger partial charge < -0.3 is 10.2 Å². The molecule has 1 fully saturated rings. The zero-order valence-corrected chi connectivity index (χ0v) is 18.3. The molecule has 0 radical (unpaired) electrons. The SMILES string of the molecule is N#CC1(C#N)[C@H](c2ccccc2)[C@@H](C(=O)Nc2ccccc2)N2c3c(Cl)cccc3C=C[C@@H]21. The second-order valence-electron chi connectivity index (χ2n) is 8.17. The Bertz CT molecular complexity index is 1310. The lowest BCUT2D eigenvalue weighted by atomic mass is 9.70. The summed E-state index contributed by atoms with van der Waals surface area (Å²) in [6, 6.07) is 27.1. The Morgan fingerprint density at radius 2 is 1.61 bits per heavy atom. The molecule has 33 heavy (non-hydrogen) atoms. The van der Waals surface area contributed by atoms with Gasteiger partial charge >= 0.3 is 0 Å². The van der Waals surface area contributed by atoms with Gasteiger partial charge in [0.15, 0.2) is 5.41 Å². The molecule has 0 unspecified atom stereocenters. The molecule has 2 heterocycles. The number of nitrogens with one attached hydrogen (secondary N) is 1. The molecule has 0 bridgehead atoms. The number of halogens is 1. The molecule has 1 saturated heterocycles. The van der Waals surface area contributed by atoms with Crippen LogP contribution in [0.5, 0.6) is 0 Å². The number of amides is 1. The number of hydrogen-bond acceptors (Lipinski definition) is 4. The zero-order chi connectivity index (χ0) is 23.0. The molecule has 1 N–H and O–H groups in total. The molecule has 2 aliphatic rings. The Morgan fingerprint density at radius 3 is 2.27 bits per heavy atom. The van der Waals surface area contributed by atoms with Crippen LogP contribution >= 0.6 is 11.6 Å². The normalized spacial score (nSPS) is 21.9. The van der Waals surface area contributed by atoms with E-state index in [1.807, 2.05) is 77.7 Å². The first kappa shape index (κ1) is 20.8. The molecular weight excluding hydrogens is 432 g/mol. The maximum Gasteiger partial charge on any atom is 0.247 e. The maximum atomic E-state index is 13.9. The van der Waals surface area contributed by atoms with E-state index in [2.05, 4.69) is 17.5 Å². The van der Waals surface area contributed by atoms with Crippen LogP contribution in [0.1, 0.15) is 17.0 Å². The van der Waals surface area contributed by atoms with Crippen molar-refractivity contribution in [2.75, 3.05) is 10.2 Å². The van der Waals surface area contributed by atoms with Crippen molar-refractivity contribution in [2.24, 2.45) is 5.41 Å². The summed E-state index contributed by atoms with van der Waals surface area (Å²) in [5.74, 6) is -0.997. The number of rotatable bonds is 3. The first-order valence-corrected chi connectivity index (χ1v) is 11.0. The van der Waals surface area contributed by atoms with Crippen LogP contribution in [0.3, 0.4) is 0 Å². The summed E-state index contributed by atoms with van der Waals surface area (Å²) in [4.78, 5) is 15.7. The van der Waals surface area contributed by atoms with Gasteiger partial charge in [0.25, 0.3) is 0 Å². The number of para-hydroxylation sites is 2. The van der Waals surface area contributed by atoms with E-state index >= 15 is 0 Å². The Kier molecular flexibility index (Phi) is 5.13. The zero-order valence-electron chi connectivity index (χ0n) is 17.5. The number of nitriles is 2. The standard InChI is InChI=1S/C27H19ClN4O/c28-21-13-7-10-19-14-15-22-27(16-29,17-30)23(18-8-3-1-4-9-18)25(32(22)24(19)21)26(33)31-20-11-5-2-6-12-20/h1-15,22-23,25H,(H,31,33)/t22-,23-,25+/m1/s1. The average Bonchev–Trinajstić information content (AvgIpc) is 3.16. The third-order valence-electron chi connectivity index (χ3n) is 6.45.